The Hall–Kier alpha value is -1.75. The van der Waals surface area contributed by atoms with Crippen LogP contribution >= 0.6 is 0 Å². The van der Waals surface area contributed by atoms with E-state index in [-0.39, 0.29) is 0 Å². The molecular weight excluding hydrogens is 218 g/mol. The van der Waals surface area contributed by atoms with Gasteiger partial charge in [-0.2, -0.15) is 0 Å². The number of hydrogen-bond acceptors (Lipinski definition) is 4. The maximum absolute atomic E-state index is 11.2. The quantitative estimate of drug-likeness (QED) is 0.769. The van der Waals surface area contributed by atoms with E-state index in [1.807, 2.05) is 18.2 Å². The second-order valence-electron chi connectivity index (χ2n) is 4.47. The summed E-state index contributed by atoms with van der Waals surface area (Å²) in [5.74, 6) is -0.393. The molecule has 1 saturated heterocycles. The summed E-state index contributed by atoms with van der Waals surface area (Å²) < 4.78 is 5.21. The maximum Gasteiger partial charge on any atom is 0.417 e. The predicted octanol–water partition coefficient (Wildman–Crippen LogP) is 0.919. The van der Waals surface area contributed by atoms with Gasteiger partial charge in [0.1, 0.15) is 0 Å². The molecule has 17 heavy (non-hydrogen) atoms. The number of piperazine rings is 1. The molecular formula is C12H15N3O2. The van der Waals surface area contributed by atoms with Gasteiger partial charge in [0.25, 0.3) is 0 Å². The molecule has 1 aromatic carbocycles. The molecule has 2 aromatic rings. The Bertz CT molecular complexity index is 587. The second kappa shape index (κ2) is 3.92. The third-order valence-electron chi connectivity index (χ3n) is 3.14. The van der Waals surface area contributed by atoms with Gasteiger partial charge in [-0.3, -0.25) is 4.98 Å². The van der Waals surface area contributed by atoms with Crippen LogP contribution in [0, 0.1) is 0 Å². The lowest BCUT2D eigenvalue weighted by Crippen LogP contribution is -2.49. The predicted molar refractivity (Wildman–Crippen MR) is 66.5 cm³/mol. The van der Waals surface area contributed by atoms with Crippen LogP contribution < -0.4 is 16.0 Å². The molecule has 2 N–H and O–H groups in total. The Balaban J connectivity index is 2.07. The molecule has 90 valence electrons. The number of para-hydroxylation sites is 1. The number of benzene rings is 1. The van der Waals surface area contributed by atoms with Crippen molar-refractivity contribution >= 4 is 16.8 Å². The van der Waals surface area contributed by atoms with E-state index in [1.165, 1.54) is 0 Å². The van der Waals surface area contributed by atoms with Crippen LogP contribution in [0.2, 0.25) is 0 Å². The van der Waals surface area contributed by atoms with Crippen LogP contribution in [0.3, 0.4) is 0 Å². The van der Waals surface area contributed by atoms with Crippen molar-refractivity contribution in [2.75, 3.05) is 24.5 Å². The molecule has 1 aliphatic heterocycles. The molecule has 2 heterocycles. The van der Waals surface area contributed by atoms with E-state index in [0.29, 0.717) is 11.6 Å². The number of fused-ring (bicyclic) bond motifs is 1. The Kier molecular flexibility index (Phi) is 2.40. The molecule has 0 radical (unpaired) electrons. The van der Waals surface area contributed by atoms with Gasteiger partial charge in [0.05, 0.1) is 11.2 Å². The highest BCUT2D eigenvalue weighted by Gasteiger charge is 2.19. The molecule has 1 aromatic heterocycles. The molecule has 1 aliphatic rings. The monoisotopic (exact) mass is 233 g/mol. The fourth-order valence-electron chi connectivity index (χ4n) is 2.36. The topological polar surface area (TPSA) is 61.3 Å². The first-order valence-electron chi connectivity index (χ1n) is 5.84. The molecule has 1 fully saturated rings. The lowest BCUT2D eigenvalue weighted by molar-refractivity contribution is 0.482. The minimum atomic E-state index is -0.393. The number of nitrogens with one attached hydrogen (secondary N) is 2. The fourth-order valence-corrected chi connectivity index (χ4v) is 2.36. The average molecular weight is 233 g/mol. The summed E-state index contributed by atoms with van der Waals surface area (Å²) in [6.45, 7) is 4.96. The normalized spacial score (nSPS) is 21.0. The highest BCUT2D eigenvalue weighted by molar-refractivity contribution is 5.86. The lowest BCUT2D eigenvalue weighted by Gasteiger charge is -2.33. The van der Waals surface area contributed by atoms with Crippen molar-refractivity contribution in [1.82, 2.24) is 10.3 Å². The highest BCUT2D eigenvalue weighted by atomic mass is 16.4. The zero-order valence-corrected chi connectivity index (χ0v) is 9.69. The van der Waals surface area contributed by atoms with E-state index in [4.69, 9.17) is 4.42 Å². The first-order chi connectivity index (χ1) is 8.24. The molecule has 1 atom stereocenters. The number of nitrogens with zero attached hydrogens (tertiary/aromatic N) is 1. The summed E-state index contributed by atoms with van der Waals surface area (Å²) in [6, 6.07) is 6.24. The fraction of sp³-hybridized carbons (Fsp3) is 0.417. The minimum absolute atomic E-state index is 0.393. The molecule has 0 spiro atoms. The van der Waals surface area contributed by atoms with Crippen molar-refractivity contribution in [3.63, 3.8) is 0 Å². The van der Waals surface area contributed by atoms with Gasteiger partial charge in [-0.05, 0) is 19.1 Å². The number of oxazole rings is 1. The summed E-state index contributed by atoms with van der Waals surface area (Å²) in [6.07, 6.45) is 0. The summed E-state index contributed by atoms with van der Waals surface area (Å²) in [5, 5.41) is 3.39. The van der Waals surface area contributed by atoms with Crippen LogP contribution in [-0.2, 0) is 0 Å². The van der Waals surface area contributed by atoms with Gasteiger partial charge in [-0.25, -0.2) is 4.79 Å². The van der Waals surface area contributed by atoms with E-state index in [0.717, 1.165) is 30.8 Å². The number of anilines is 1. The second-order valence-corrected chi connectivity index (χ2v) is 4.47. The first kappa shape index (κ1) is 10.4. The number of rotatable bonds is 1. The molecule has 0 saturated carbocycles. The lowest BCUT2D eigenvalue weighted by atomic mass is 10.2. The van der Waals surface area contributed by atoms with Crippen LogP contribution in [-0.4, -0.2) is 30.7 Å². The number of aromatic amines is 1. The van der Waals surface area contributed by atoms with E-state index in [9.17, 15) is 4.79 Å². The van der Waals surface area contributed by atoms with Gasteiger partial charge >= 0.3 is 5.76 Å². The third kappa shape index (κ3) is 1.82. The van der Waals surface area contributed by atoms with Gasteiger partial charge in [0.15, 0.2) is 5.58 Å². The van der Waals surface area contributed by atoms with Gasteiger partial charge in [-0.1, -0.05) is 6.07 Å². The van der Waals surface area contributed by atoms with Crippen LogP contribution in [0.25, 0.3) is 11.1 Å². The Morgan fingerprint density at radius 2 is 2.35 bits per heavy atom. The van der Waals surface area contributed by atoms with Crippen LogP contribution in [0.5, 0.6) is 0 Å². The molecule has 0 bridgehead atoms. The van der Waals surface area contributed by atoms with E-state index < -0.39 is 5.76 Å². The van der Waals surface area contributed by atoms with Gasteiger partial charge in [-0.15, -0.1) is 0 Å². The van der Waals surface area contributed by atoms with Gasteiger partial charge < -0.3 is 14.6 Å². The van der Waals surface area contributed by atoms with E-state index in [1.54, 1.807) is 0 Å². The summed E-state index contributed by atoms with van der Waals surface area (Å²) in [4.78, 5) is 16.2. The first-order valence-corrected chi connectivity index (χ1v) is 5.84. The molecule has 3 rings (SSSR count). The van der Waals surface area contributed by atoms with Crippen molar-refractivity contribution in [1.29, 1.82) is 0 Å². The molecule has 0 amide bonds. The largest absolute Gasteiger partial charge is 0.417 e. The van der Waals surface area contributed by atoms with Crippen molar-refractivity contribution in [3.8, 4) is 0 Å². The molecule has 5 heteroatoms. The number of hydrogen-bond donors (Lipinski definition) is 2. The number of H-pyrrole nitrogens is 1. The average Bonchev–Trinajstić information content (AvgIpc) is 2.68. The highest BCUT2D eigenvalue weighted by Crippen LogP contribution is 2.25. The van der Waals surface area contributed by atoms with Crippen molar-refractivity contribution < 1.29 is 4.42 Å². The zero-order chi connectivity index (χ0) is 11.8. The van der Waals surface area contributed by atoms with Crippen molar-refractivity contribution in [3.05, 3.63) is 28.7 Å². The molecule has 0 aliphatic carbocycles. The van der Waals surface area contributed by atoms with E-state index in [2.05, 4.69) is 22.1 Å². The zero-order valence-electron chi connectivity index (χ0n) is 9.69. The van der Waals surface area contributed by atoms with Crippen LogP contribution in [0.1, 0.15) is 6.92 Å². The summed E-state index contributed by atoms with van der Waals surface area (Å²) in [5.41, 5.74) is 2.42. The third-order valence-corrected chi connectivity index (χ3v) is 3.14. The van der Waals surface area contributed by atoms with Crippen molar-refractivity contribution in [2.45, 2.75) is 13.0 Å². The Morgan fingerprint density at radius 1 is 1.47 bits per heavy atom. The SMILES string of the molecule is C[C@@H]1CN(c2cccc3[nH]c(=O)oc23)CCN1. The van der Waals surface area contributed by atoms with Crippen molar-refractivity contribution in [2.24, 2.45) is 0 Å². The summed E-state index contributed by atoms with van der Waals surface area (Å²) >= 11 is 0. The standard InChI is InChI=1S/C12H15N3O2/c1-8-7-15(6-5-13-8)10-4-2-3-9-11(10)17-12(16)14-9/h2-4,8,13H,5-7H2,1H3,(H,14,16)/t8-/m1/s1. The van der Waals surface area contributed by atoms with Gasteiger partial charge in [0, 0.05) is 25.7 Å². The van der Waals surface area contributed by atoms with Crippen LogP contribution in [0.15, 0.2) is 27.4 Å². The number of aromatic nitrogens is 1. The van der Waals surface area contributed by atoms with Crippen LogP contribution in [0.4, 0.5) is 5.69 Å². The van der Waals surface area contributed by atoms with E-state index >= 15 is 0 Å². The maximum atomic E-state index is 11.2. The van der Waals surface area contributed by atoms with Gasteiger partial charge in [0.2, 0.25) is 0 Å². The Labute approximate surface area is 98.4 Å². The smallest absolute Gasteiger partial charge is 0.406 e. The molecule has 0 unspecified atom stereocenters. The minimum Gasteiger partial charge on any atom is -0.406 e. The Morgan fingerprint density at radius 3 is 3.18 bits per heavy atom. The summed E-state index contributed by atoms with van der Waals surface area (Å²) in [7, 11) is 0. The molecule has 5 nitrogen and oxygen atoms in total.